The molecule has 34 heavy (non-hydrogen) atoms. The molecule has 1 saturated carbocycles. The Morgan fingerprint density at radius 2 is 1.82 bits per heavy atom. The van der Waals surface area contributed by atoms with E-state index in [1.807, 2.05) is 12.1 Å². The van der Waals surface area contributed by atoms with Crippen LogP contribution in [0.2, 0.25) is 0 Å². The summed E-state index contributed by atoms with van der Waals surface area (Å²) in [6.07, 6.45) is 9.12. The minimum Gasteiger partial charge on any atom is -0.366 e. The molecule has 0 amide bonds. The number of nitrogens with zero attached hydrogens (tertiary/aromatic N) is 4. The van der Waals surface area contributed by atoms with Crippen LogP contribution in [0.25, 0.3) is 22.2 Å². The number of ketones is 1. The van der Waals surface area contributed by atoms with Crippen LogP contribution in [0.1, 0.15) is 44.2 Å². The van der Waals surface area contributed by atoms with E-state index in [0.717, 1.165) is 42.7 Å². The maximum Gasteiger partial charge on any atom is 0.248 e. The summed E-state index contributed by atoms with van der Waals surface area (Å²) < 4.78 is 26.8. The first kappa shape index (κ1) is 22.7. The van der Waals surface area contributed by atoms with Crippen LogP contribution >= 0.6 is 0 Å². The molecule has 1 saturated heterocycles. The fraction of sp³-hybridized carbons (Fsp3) is 0.480. The summed E-state index contributed by atoms with van der Waals surface area (Å²) in [5, 5.41) is 7.67. The van der Waals surface area contributed by atoms with Gasteiger partial charge < -0.3 is 10.6 Å². The topological polar surface area (TPSA) is 92.7 Å². The van der Waals surface area contributed by atoms with Crippen molar-refractivity contribution in [1.29, 1.82) is 0 Å². The normalized spacial score (nSPS) is 19.2. The average molecular weight is 467 g/mol. The Hall–Kier alpha value is -3.07. The second-order valence-electron chi connectivity index (χ2n) is 9.32. The number of alkyl halides is 2. The Morgan fingerprint density at radius 3 is 2.62 bits per heavy atom. The van der Waals surface area contributed by atoms with Crippen LogP contribution in [0.15, 0.2) is 36.9 Å². The maximum atomic E-state index is 13.4. The highest BCUT2D eigenvalue weighted by Crippen LogP contribution is 2.36. The quantitative estimate of drug-likeness (QED) is 0.563. The number of hydrogen-bond donors (Lipinski definition) is 2. The number of hydrogen-bond acceptors (Lipinski definition) is 7. The van der Waals surface area contributed by atoms with Gasteiger partial charge in [0.25, 0.3) is 0 Å². The van der Waals surface area contributed by atoms with Crippen molar-refractivity contribution in [3.05, 3.63) is 42.6 Å². The number of fused-ring (bicyclic) bond motifs is 1. The predicted molar refractivity (Wildman–Crippen MR) is 126 cm³/mol. The van der Waals surface area contributed by atoms with Crippen molar-refractivity contribution in [3.8, 4) is 11.3 Å². The van der Waals surface area contributed by atoms with Crippen LogP contribution in [-0.4, -0.2) is 50.8 Å². The van der Waals surface area contributed by atoms with Gasteiger partial charge in [0, 0.05) is 54.1 Å². The van der Waals surface area contributed by atoms with E-state index >= 15 is 0 Å². The summed E-state index contributed by atoms with van der Waals surface area (Å²) in [5.41, 5.74) is 2.88. The van der Waals surface area contributed by atoms with Gasteiger partial charge in [-0.2, -0.15) is 0 Å². The molecule has 0 aromatic carbocycles. The van der Waals surface area contributed by atoms with Crippen LogP contribution in [0.5, 0.6) is 0 Å². The third kappa shape index (κ3) is 5.35. The van der Waals surface area contributed by atoms with Crippen molar-refractivity contribution < 1.29 is 13.6 Å². The lowest BCUT2D eigenvalue weighted by atomic mass is 9.83. The van der Waals surface area contributed by atoms with Gasteiger partial charge in [-0.3, -0.25) is 19.7 Å². The standard InChI is InChI=1S/C25H28F2N6O/c26-25(27)5-1-16(2-6-25)23(34)11-20-10-17-9-18(12-31-21(17)14-30-20)22-13-29-15-24(33-22)32-19-3-7-28-8-4-19/h9-10,12-16,19,28H,1-8,11H2,(H,32,33). The first-order chi connectivity index (χ1) is 16.4. The first-order valence-corrected chi connectivity index (χ1v) is 11.9. The monoisotopic (exact) mass is 466 g/mol. The van der Waals surface area contributed by atoms with Gasteiger partial charge in [-0.15, -0.1) is 0 Å². The summed E-state index contributed by atoms with van der Waals surface area (Å²) in [6.45, 7) is 1.98. The molecule has 1 aliphatic heterocycles. The molecule has 1 aliphatic carbocycles. The van der Waals surface area contributed by atoms with Gasteiger partial charge in [-0.05, 0) is 50.9 Å². The molecule has 2 aliphatic rings. The lowest BCUT2D eigenvalue weighted by Gasteiger charge is -2.27. The molecular formula is C25H28F2N6O. The van der Waals surface area contributed by atoms with E-state index in [1.165, 1.54) is 0 Å². The molecule has 3 aromatic heterocycles. The summed E-state index contributed by atoms with van der Waals surface area (Å²) >= 11 is 0. The van der Waals surface area contributed by atoms with Gasteiger partial charge in [-0.1, -0.05) is 0 Å². The zero-order chi connectivity index (χ0) is 23.5. The van der Waals surface area contributed by atoms with Crippen molar-refractivity contribution in [2.45, 2.75) is 56.9 Å². The van der Waals surface area contributed by atoms with E-state index in [-0.39, 0.29) is 43.8 Å². The number of aromatic nitrogens is 4. The Labute approximate surface area is 196 Å². The van der Waals surface area contributed by atoms with Gasteiger partial charge in [0.1, 0.15) is 11.6 Å². The lowest BCUT2D eigenvalue weighted by Crippen LogP contribution is -2.35. The number of piperidine rings is 1. The molecule has 0 bridgehead atoms. The van der Waals surface area contributed by atoms with Crippen molar-refractivity contribution >= 4 is 22.5 Å². The van der Waals surface area contributed by atoms with Crippen LogP contribution in [0, 0.1) is 5.92 Å². The number of anilines is 1. The zero-order valence-corrected chi connectivity index (χ0v) is 18.9. The molecule has 2 N–H and O–H groups in total. The van der Waals surface area contributed by atoms with Crippen LogP contribution < -0.4 is 10.6 Å². The number of Topliss-reactive ketones (excluding diaryl/α,β-unsaturated/α-hetero) is 1. The molecule has 0 atom stereocenters. The van der Waals surface area contributed by atoms with Crippen LogP contribution in [0.4, 0.5) is 14.6 Å². The number of carbonyl (C=O) groups is 1. The Balaban J connectivity index is 1.31. The summed E-state index contributed by atoms with van der Waals surface area (Å²) in [5.74, 6) is -2.23. The van der Waals surface area contributed by atoms with Crippen molar-refractivity contribution in [2.24, 2.45) is 5.92 Å². The zero-order valence-electron chi connectivity index (χ0n) is 18.9. The Morgan fingerprint density at radius 1 is 1.03 bits per heavy atom. The van der Waals surface area contributed by atoms with Crippen molar-refractivity contribution in [2.75, 3.05) is 18.4 Å². The molecule has 178 valence electrons. The van der Waals surface area contributed by atoms with Gasteiger partial charge in [0.15, 0.2) is 0 Å². The molecule has 5 rings (SSSR count). The number of halogens is 2. The van der Waals surface area contributed by atoms with E-state index in [4.69, 9.17) is 4.98 Å². The molecule has 7 nitrogen and oxygen atoms in total. The fourth-order valence-corrected chi connectivity index (χ4v) is 4.75. The molecule has 2 fully saturated rings. The summed E-state index contributed by atoms with van der Waals surface area (Å²) in [4.78, 5) is 30.6. The highest BCUT2D eigenvalue weighted by atomic mass is 19.3. The molecule has 0 radical (unpaired) electrons. The highest BCUT2D eigenvalue weighted by molar-refractivity contribution is 5.86. The fourth-order valence-electron chi connectivity index (χ4n) is 4.75. The first-order valence-electron chi connectivity index (χ1n) is 11.9. The number of pyridine rings is 2. The predicted octanol–water partition coefficient (Wildman–Crippen LogP) is 4.19. The minimum absolute atomic E-state index is 0.0194. The van der Waals surface area contributed by atoms with Crippen LogP contribution in [-0.2, 0) is 11.2 Å². The SMILES string of the molecule is O=C(Cc1cc2cc(-c3cncc(NC4CCNCC4)n3)cnc2cn1)C1CCC(F)(F)CC1. The van der Waals surface area contributed by atoms with E-state index in [1.54, 1.807) is 24.8 Å². The largest absolute Gasteiger partial charge is 0.366 e. The van der Waals surface area contributed by atoms with Gasteiger partial charge >= 0.3 is 0 Å². The minimum atomic E-state index is -2.64. The molecule has 0 unspecified atom stereocenters. The molecule has 3 aromatic rings. The second-order valence-corrected chi connectivity index (χ2v) is 9.32. The number of rotatable bonds is 6. The second kappa shape index (κ2) is 9.66. The summed E-state index contributed by atoms with van der Waals surface area (Å²) in [6, 6.07) is 4.20. The van der Waals surface area contributed by atoms with E-state index in [0.29, 0.717) is 22.9 Å². The van der Waals surface area contributed by atoms with Crippen molar-refractivity contribution in [1.82, 2.24) is 25.3 Å². The molecular weight excluding hydrogens is 438 g/mol. The van der Waals surface area contributed by atoms with Crippen LogP contribution in [0.3, 0.4) is 0 Å². The van der Waals surface area contributed by atoms with Crippen molar-refractivity contribution in [3.63, 3.8) is 0 Å². The third-order valence-corrected chi connectivity index (χ3v) is 6.77. The number of carbonyl (C=O) groups excluding carboxylic acids is 1. The molecule has 4 heterocycles. The lowest BCUT2D eigenvalue weighted by molar-refractivity contribution is -0.126. The van der Waals surface area contributed by atoms with E-state index < -0.39 is 5.92 Å². The average Bonchev–Trinajstić information content (AvgIpc) is 2.84. The Bertz CT molecular complexity index is 1170. The smallest absolute Gasteiger partial charge is 0.248 e. The van der Waals surface area contributed by atoms with E-state index in [9.17, 15) is 13.6 Å². The Kier molecular flexibility index (Phi) is 6.45. The molecule has 9 heteroatoms. The van der Waals surface area contributed by atoms with Gasteiger partial charge in [-0.25, -0.2) is 13.8 Å². The number of nitrogens with one attached hydrogen (secondary N) is 2. The van der Waals surface area contributed by atoms with Gasteiger partial charge in [0.2, 0.25) is 5.92 Å². The maximum absolute atomic E-state index is 13.4. The highest BCUT2D eigenvalue weighted by Gasteiger charge is 2.37. The van der Waals surface area contributed by atoms with E-state index in [2.05, 4.69) is 25.6 Å². The van der Waals surface area contributed by atoms with Gasteiger partial charge in [0.05, 0.1) is 29.8 Å². The third-order valence-electron chi connectivity index (χ3n) is 6.77. The summed E-state index contributed by atoms with van der Waals surface area (Å²) in [7, 11) is 0. The molecule has 0 spiro atoms.